The molecule has 1 aliphatic carbocycles. The Kier molecular flexibility index (Phi) is 4.82. The maximum atomic E-state index is 12.6. The number of para-hydroxylation sites is 1. The Balaban J connectivity index is 1.34. The van der Waals surface area contributed by atoms with E-state index in [0.717, 1.165) is 35.1 Å². The molecule has 1 fully saturated rings. The van der Waals surface area contributed by atoms with Crippen LogP contribution in [0.4, 0.5) is 0 Å². The standard InChI is InChI=1S/C22H21NO3/c24-22(21(17-10-11-17)16-6-2-1-3-7-16)26-15-14-25-20-12-13-23-19-9-5-4-8-18(19)20/h1-9,12-13,17,21H,10-11,14-15H2. The van der Waals surface area contributed by atoms with Crippen LogP contribution in [0.5, 0.6) is 5.75 Å². The highest BCUT2D eigenvalue weighted by Gasteiger charge is 2.38. The lowest BCUT2D eigenvalue weighted by molar-refractivity contribution is -0.146. The second kappa shape index (κ2) is 7.56. The molecule has 0 radical (unpaired) electrons. The first kappa shape index (κ1) is 16.6. The number of hydrogen-bond acceptors (Lipinski definition) is 4. The van der Waals surface area contributed by atoms with Gasteiger partial charge in [-0.15, -0.1) is 0 Å². The summed E-state index contributed by atoms with van der Waals surface area (Å²) in [5.74, 6) is 0.864. The van der Waals surface area contributed by atoms with Crippen LogP contribution in [0.1, 0.15) is 24.3 Å². The highest BCUT2D eigenvalue weighted by Crippen LogP contribution is 2.43. The van der Waals surface area contributed by atoms with Crippen molar-refractivity contribution in [1.29, 1.82) is 0 Å². The molecule has 3 aromatic rings. The summed E-state index contributed by atoms with van der Waals surface area (Å²) in [6.07, 6.45) is 3.91. The topological polar surface area (TPSA) is 48.4 Å². The van der Waals surface area contributed by atoms with Crippen LogP contribution >= 0.6 is 0 Å². The van der Waals surface area contributed by atoms with Gasteiger partial charge in [0.25, 0.3) is 0 Å². The van der Waals surface area contributed by atoms with Crippen molar-refractivity contribution in [2.75, 3.05) is 13.2 Å². The van der Waals surface area contributed by atoms with E-state index in [1.165, 1.54) is 0 Å². The first-order chi connectivity index (χ1) is 12.8. The molecular weight excluding hydrogens is 326 g/mol. The predicted octanol–water partition coefficient (Wildman–Crippen LogP) is 4.35. The van der Waals surface area contributed by atoms with Crippen LogP contribution < -0.4 is 4.74 Å². The quantitative estimate of drug-likeness (QED) is 0.471. The van der Waals surface area contributed by atoms with Crippen LogP contribution in [-0.2, 0) is 9.53 Å². The van der Waals surface area contributed by atoms with E-state index in [2.05, 4.69) is 4.98 Å². The fraction of sp³-hybridized carbons (Fsp3) is 0.273. The molecule has 1 unspecified atom stereocenters. The molecule has 1 atom stereocenters. The minimum Gasteiger partial charge on any atom is -0.489 e. The van der Waals surface area contributed by atoms with Gasteiger partial charge in [0.15, 0.2) is 0 Å². The second-order valence-corrected chi connectivity index (χ2v) is 6.57. The molecule has 26 heavy (non-hydrogen) atoms. The number of nitrogens with zero attached hydrogens (tertiary/aromatic N) is 1. The van der Waals surface area contributed by atoms with E-state index in [9.17, 15) is 4.79 Å². The van der Waals surface area contributed by atoms with Gasteiger partial charge < -0.3 is 9.47 Å². The Morgan fingerprint density at radius 3 is 2.58 bits per heavy atom. The van der Waals surface area contributed by atoms with Gasteiger partial charge in [-0.3, -0.25) is 9.78 Å². The monoisotopic (exact) mass is 347 g/mol. The molecule has 0 spiro atoms. The summed E-state index contributed by atoms with van der Waals surface area (Å²) >= 11 is 0. The van der Waals surface area contributed by atoms with Crippen molar-refractivity contribution in [2.45, 2.75) is 18.8 Å². The maximum Gasteiger partial charge on any atom is 0.313 e. The van der Waals surface area contributed by atoms with Gasteiger partial charge in [-0.1, -0.05) is 42.5 Å². The van der Waals surface area contributed by atoms with Crippen molar-refractivity contribution in [3.63, 3.8) is 0 Å². The molecule has 1 saturated carbocycles. The van der Waals surface area contributed by atoms with Crippen molar-refractivity contribution < 1.29 is 14.3 Å². The Morgan fingerprint density at radius 2 is 1.77 bits per heavy atom. The van der Waals surface area contributed by atoms with Crippen molar-refractivity contribution in [2.24, 2.45) is 5.92 Å². The smallest absolute Gasteiger partial charge is 0.313 e. The highest BCUT2D eigenvalue weighted by molar-refractivity contribution is 5.84. The first-order valence-electron chi connectivity index (χ1n) is 9.01. The number of carbonyl (C=O) groups excluding carboxylic acids is 1. The van der Waals surface area contributed by atoms with Gasteiger partial charge in [0, 0.05) is 11.6 Å². The van der Waals surface area contributed by atoms with Crippen molar-refractivity contribution in [1.82, 2.24) is 4.98 Å². The number of ether oxygens (including phenoxy) is 2. The zero-order chi connectivity index (χ0) is 17.8. The third kappa shape index (κ3) is 3.69. The van der Waals surface area contributed by atoms with E-state index in [1.807, 2.05) is 60.7 Å². The molecule has 0 bridgehead atoms. The lowest BCUT2D eigenvalue weighted by atomic mass is 9.94. The van der Waals surface area contributed by atoms with Crippen LogP contribution in [0.15, 0.2) is 66.9 Å². The molecular formula is C22H21NO3. The van der Waals surface area contributed by atoms with E-state index < -0.39 is 0 Å². The zero-order valence-corrected chi connectivity index (χ0v) is 14.5. The van der Waals surface area contributed by atoms with Crippen LogP contribution in [0.25, 0.3) is 10.9 Å². The van der Waals surface area contributed by atoms with E-state index in [1.54, 1.807) is 6.20 Å². The molecule has 4 heteroatoms. The molecule has 0 saturated heterocycles. The second-order valence-electron chi connectivity index (χ2n) is 6.57. The molecule has 132 valence electrons. The zero-order valence-electron chi connectivity index (χ0n) is 14.5. The molecule has 0 aliphatic heterocycles. The van der Waals surface area contributed by atoms with Gasteiger partial charge in [0.05, 0.1) is 11.4 Å². The summed E-state index contributed by atoms with van der Waals surface area (Å²) in [4.78, 5) is 16.9. The van der Waals surface area contributed by atoms with Gasteiger partial charge in [-0.2, -0.15) is 0 Å². The number of fused-ring (bicyclic) bond motifs is 1. The maximum absolute atomic E-state index is 12.6. The lowest BCUT2D eigenvalue weighted by Gasteiger charge is -2.16. The molecule has 4 rings (SSSR count). The van der Waals surface area contributed by atoms with Gasteiger partial charge in [0.1, 0.15) is 19.0 Å². The average Bonchev–Trinajstić information content (AvgIpc) is 3.51. The van der Waals surface area contributed by atoms with Crippen LogP contribution in [-0.4, -0.2) is 24.2 Å². The fourth-order valence-corrected chi connectivity index (χ4v) is 3.27. The number of pyridine rings is 1. The summed E-state index contributed by atoms with van der Waals surface area (Å²) < 4.78 is 11.3. The minimum atomic E-state index is -0.155. The van der Waals surface area contributed by atoms with E-state index in [4.69, 9.17) is 9.47 Å². The van der Waals surface area contributed by atoms with Gasteiger partial charge in [-0.05, 0) is 42.5 Å². The third-order valence-corrected chi connectivity index (χ3v) is 4.70. The Morgan fingerprint density at radius 1 is 1.00 bits per heavy atom. The number of rotatable bonds is 7. The SMILES string of the molecule is O=C(OCCOc1ccnc2ccccc12)C(c1ccccc1)C1CC1. The predicted molar refractivity (Wildman–Crippen MR) is 100 cm³/mol. The van der Waals surface area contributed by atoms with Gasteiger partial charge >= 0.3 is 5.97 Å². The molecule has 1 aromatic heterocycles. The molecule has 0 N–H and O–H groups in total. The Bertz CT molecular complexity index is 885. The Hall–Kier alpha value is -2.88. The summed E-state index contributed by atoms with van der Waals surface area (Å²) in [5.41, 5.74) is 1.93. The first-order valence-corrected chi connectivity index (χ1v) is 9.01. The largest absolute Gasteiger partial charge is 0.489 e. The molecule has 1 aliphatic rings. The fourth-order valence-electron chi connectivity index (χ4n) is 3.27. The summed E-state index contributed by atoms with van der Waals surface area (Å²) in [7, 11) is 0. The molecule has 1 heterocycles. The average molecular weight is 347 g/mol. The molecule has 0 amide bonds. The van der Waals surface area contributed by atoms with Crippen molar-refractivity contribution in [3.8, 4) is 5.75 Å². The van der Waals surface area contributed by atoms with Crippen molar-refractivity contribution >= 4 is 16.9 Å². The summed E-state index contributed by atoms with van der Waals surface area (Å²) in [6.45, 7) is 0.567. The van der Waals surface area contributed by atoms with Crippen LogP contribution in [0.3, 0.4) is 0 Å². The van der Waals surface area contributed by atoms with E-state index >= 15 is 0 Å². The summed E-state index contributed by atoms with van der Waals surface area (Å²) in [6, 6.07) is 19.6. The van der Waals surface area contributed by atoms with Crippen LogP contribution in [0, 0.1) is 5.92 Å². The normalized spacial score (nSPS) is 14.8. The minimum absolute atomic E-state index is 0.151. The van der Waals surface area contributed by atoms with E-state index in [-0.39, 0.29) is 18.5 Å². The highest BCUT2D eigenvalue weighted by atomic mass is 16.6. The van der Waals surface area contributed by atoms with Crippen molar-refractivity contribution in [3.05, 3.63) is 72.4 Å². The number of carbonyl (C=O) groups is 1. The summed E-state index contributed by atoms with van der Waals surface area (Å²) in [5, 5.41) is 0.960. The number of esters is 1. The molecule has 2 aromatic carbocycles. The third-order valence-electron chi connectivity index (χ3n) is 4.70. The van der Waals surface area contributed by atoms with E-state index in [0.29, 0.717) is 12.5 Å². The lowest BCUT2D eigenvalue weighted by Crippen LogP contribution is -2.20. The number of aromatic nitrogens is 1. The molecule has 4 nitrogen and oxygen atoms in total. The van der Waals surface area contributed by atoms with Crippen LogP contribution in [0.2, 0.25) is 0 Å². The van der Waals surface area contributed by atoms with Gasteiger partial charge in [0.2, 0.25) is 0 Å². The van der Waals surface area contributed by atoms with Gasteiger partial charge in [-0.25, -0.2) is 0 Å². The number of benzene rings is 2. The number of hydrogen-bond donors (Lipinski definition) is 0. The Labute approximate surface area is 152 Å².